The van der Waals surface area contributed by atoms with Gasteiger partial charge in [-0.1, -0.05) is 24.3 Å². The lowest BCUT2D eigenvalue weighted by Gasteiger charge is -2.32. The number of methoxy groups -OCH3 is 2. The van der Waals surface area contributed by atoms with Crippen LogP contribution in [-0.2, 0) is 62.0 Å². The number of aldehydes is 1. The number of rotatable bonds is 15. The standard InChI is InChI=1S/C22H25F2NO6.C9H8F2O.C8H12O5.C5H9NO2/c1-6-30-22(28)20-16(10-31-13(4)26)25-12(3)18(21(27)29-5)19(20)14-8-7-9-15(24)17(14)11(2)23;1-6(10)9-7(5-12)3-2-4-8(9)11;1-3-12-8(11)4-7(10)5-13-6(2)9;1-4(6)3-5(7)8-2/h7-9,11,19,25H,6,10H2,1-5H3;2-6H,1H3;3-5H2,1-2H3;3H,6H2,1-2H3/b;;;4-3-. The lowest BCUT2D eigenvalue weighted by atomic mass is 9.77. The minimum absolute atomic E-state index is 0.00960. The summed E-state index contributed by atoms with van der Waals surface area (Å²) in [6, 6.07) is 7.80. The van der Waals surface area contributed by atoms with Crippen molar-refractivity contribution >= 4 is 47.9 Å². The van der Waals surface area contributed by atoms with Crippen LogP contribution in [0.4, 0.5) is 17.6 Å². The van der Waals surface area contributed by atoms with Crippen LogP contribution in [0, 0.1) is 11.6 Å². The largest absolute Gasteiger partial charge is 0.466 e. The van der Waals surface area contributed by atoms with E-state index < -0.39 is 71.5 Å². The van der Waals surface area contributed by atoms with Crippen molar-refractivity contribution in [2.24, 2.45) is 5.73 Å². The van der Waals surface area contributed by atoms with Crippen molar-refractivity contribution in [3.8, 4) is 0 Å². The van der Waals surface area contributed by atoms with Crippen molar-refractivity contribution in [2.75, 3.05) is 40.6 Å². The number of dihydropyridines is 1. The lowest BCUT2D eigenvalue weighted by Crippen LogP contribution is -2.35. The van der Waals surface area contributed by atoms with E-state index in [4.69, 9.17) is 19.9 Å². The molecule has 64 heavy (non-hydrogen) atoms. The first-order valence-corrected chi connectivity index (χ1v) is 19.2. The molecule has 16 nitrogen and oxygen atoms in total. The van der Waals surface area contributed by atoms with Gasteiger partial charge in [-0.15, -0.1) is 0 Å². The van der Waals surface area contributed by atoms with Crippen molar-refractivity contribution in [1.82, 2.24) is 5.32 Å². The number of carbonyl (C=O) groups is 8. The fourth-order valence-corrected chi connectivity index (χ4v) is 5.48. The second kappa shape index (κ2) is 29.4. The maximum absolute atomic E-state index is 14.6. The summed E-state index contributed by atoms with van der Waals surface area (Å²) < 4.78 is 82.9. The van der Waals surface area contributed by atoms with E-state index in [1.165, 1.54) is 58.2 Å². The number of esters is 6. The Bertz CT molecular complexity index is 2080. The van der Waals surface area contributed by atoms with Crippen LogP contribution in [0.3, 0.4) is 0 Å². The highest BCUT2D eigenvalue weighted by Gasteiger charge is 2.41. The molecule has 3 rings (SSSR count). The molecule has 1 aliphatic heterocycles. The van der Waals surface area contributed by atoms with E-state index in [0.717, 1.165) is 26.2 Å². The molecule has 0 bridgehead atoms. The summed E-state index contributed by atoms with van der Waals surface area (Å²) in [5.74, 6) is -6.92. The average Bonchev–Trinajstić information content (AvgIpc) is 3.21. The van der Waals surface area contributed by atoms with Crippen molar-refractivity contribution in [1.29, 1.82) is 0 Å². The van der Waals surface area contributed by atoms with Crippen LogP contribution in [0.1, 0.15) is 107 Å². The van der Waals surface area contributed by atoms with Crippen molar-refractivity contribution in [3.05, 3.63) is 105 Å². The highest BCUT2D eigenvalue weighted by atomic mass is 19.1. The second-order valence-corrected chi connectivity index (χ2v) is 13.0. The molecule has 3 atom stereocenters. The lowest BCUT2D eigenvalue weighted by molar-refractivity contribution is -0.151. The Kier molecular flexibility index (Phi) is 26.3. The fraction of sp³-hybridized carbons (Fsp3) is 0.409. The Balaban J connectivity index is 0.000000983. The monoisotopic (exact) mass is 910 g/mol. The molecule has 0 aromatic heterocycles. The predicted octanol–water partition coefficient (Wildman–Crippen LogP) is 6.13. The first kappa shape index (κ1) is 57.1. The van der Waals surface area contributed by atoms with Gasteiger partial charge >= 0.3 is 35.8 Å². The zero-order valence-electron chi connectivity index (χ0n) is 37.2. The minimum Gasteiger partial charge on any atom is -0.466 e. The maximum atomic E-state index is 14.6. The number of nitrogens with two attached hydrogens (primary N) is 1. The zero-order valence-corrected chi connectivity index (χ0v) is 37.2. The Morgan fingerprint density at radius 2 is 1.31 bits per heavy atom. The van der Waals surface area contributed by atoms with Gasteiger partial charge in [-0.05, 0) is 59.2 Å². The van der Waals surface area contributed by atoms with Gasteiger partial charge in [0.15, 0.2) is 18.7 Å². The topological polar surface area (TPSA) is 230 Å². The van der Waals surface area contributed by atoms with Crippen LogP contribution in [0.15, 0.2) is 70.7 Å². The number of ether oxygens (including phenoxy) is 6. The summed E-state index contributed by atoms with van der Waals surface area (Å²) in [5, 5.41) is 2.88. The summed E-state index contributed by atoms with van der Waals surface area (Å²) in [6.45, 7) is 10.7. The molecule has 2 aromatic rings. The molecule has 2 aromatic carbocycles. The SMILES string of the molecule is CC(F)c1c(F)cccc1C=O.CCOC(=O)C1=C(COC(C)=O)NC(C)=C(C(=O)OC)C1c1cccc(F)c1C(C)F.CCOC(=O)CC(=O)COC(C)=O.COC(=O)/C=C(/C)N. The molecule has 0 amide bonds. The number of hydrogen-bond donors (Lipinski definition) is 2. The number of ketones is 1. The molecule has 0 saturated heterocycles. The van der Waals surface area contributed by atoms with E-state index >= 15 is 0 Å². The number of alkyl halides is 2. The first-order chi connectivity index (χ1) is 30.0. The van der Waals surface area contributed by atoms with Gasteiger partial charge in [0.25, 0.3) is 0 Å². The molecule has 0 aliphatic carbocycles. The summed E-state index contributed by atoms with van der Waals surface area (Å²) in [4.78, 5) is 89.4. The Labute approximate surface area is 368 Å². The van der Waals surface area contributed by atoms with Gasteiger partial charge in [-0.2, -0.15) is 0 Å². The summed E-state index contributed by atoms with van der Waals surface area (Å²) in [7, 11) is 2.47. The molecule has 20 heteroatoms. The number of benzene rings is 2. The number of nitrogens with one attached hydrogen (secondary N) is 1. The van der Waals surface area contributed by atoms with Gasteiger partial charge in [-0.25, -0.2) is 31.9 Å². The molecule has 0 spiro atoms. The third-order valence-electron chi connectivity index (χ3n) is 8.00. The minimum atomic E-state index is -1.73. The Hall–Kier alpha value is -6.86. The number of hydrogen-bond acceptors (Lipinski definition) is 16. The molecule has 0 saturated carbocycles. The fourth-order valence-electron chi connectivity index (χ4n) is 5.48. The maximum Gasteiger partial charge on any atom is 0.336 e. The average molecular weight is 911 g/mol. The molecular formula is C44H54F4N2O14. The predicted molar refractivity (Wildman–Crippen MR) is 221 cm³/mol. The van der Waals surface area contributed by atoms with E-state index in [0.29, 0.717) is 12.0 Å². The smallest absolute Gasteiger partial charge is 0.336 e. The van der Waals surface area contributed by atoms with Crippen molar-refractivity contribution < 1.29 is 84.3 Å². The summed E-state index contributed by atoms with van der Waals surface area (Å²) in [6.07, 6.45) is -1.85. The molecule has 0 fully saturated rings. The van der Waals surface area contributed by atoms with Crippen LogP contribution >= 0.6 is 0 Å². The number of allylic oxidation sites excluding steroid dienone is 2. The van der Waals surface area contributed by atoms with E-state index in [9.17, 15) is 55.9 Å². The van der Waals surface area contributed by atoms with Gasteiger partial charge in [0.1, 0.15) is 37.0 Å². The van der Waals surface area contributed by atoms with Crippen LogP contribution in [0.25, 0.3) is 0 Å². The van der Waals surface area contributed by atoms with Crippen LogP contribution in [0.2, 0.25) is 0 Å². The van der Waals surface area contributed by atoms with Crippen LogP contribution < -0.4 is 11.1 Å². The molecular weight excluding hydrogens is 856 g/mol. The van der Waals surface area contributed by atoms with Gasteiger partial charge in [-0.3, -0.25) is 24.0 Å². The molecule has 0 radical (unpaired) electrons. The van der Waals surface area contributed by atoms with Gasteiger partial charge < -0.3 is 39.5 Å². The van der Waals surface area contributed by atoms with Crippen molar-refractivity contribution in [3.63, 3.8) is 0 Å². The van der Waals surface area contributed by atoms with Gasteiger partial charge in [0, 0.05) is 48.0 Å². The highest BCUT2D eigenvalue weighted by Crippen LogP contribution is 2.43. The van der Waals surface area contributed by atoms with Crippen LogP contribution in [-0.4, -0.2) is 88.5 Å². The van der Waals surface area contributed by atoms with Crippen LogP contribution in [0.5, 0.6) is 0 Å². The Morgan fingerprint density at radius 1 is 0.766 bits per heavy atom. The molecule has 1 heterocycles. The summed E-state index contributed by atoms with van der Waals surface area (Å²) in [5.41, 5.74) is 5.60. The van der Waals surface area contributed by atoms with Gasteiger partial charge in [0.2, 0.25) is 0 Å². The first-order valence-electron chi connectivity index (χ1n) is 19.2. The Morgan fingerprint density at radius 3 is 1.75 bits per heavy atom. The third-order valence-corrected chi connectivity index (χ3v) is 8.00. The van der Waals surface area contributed by atoms with E-state index in [1.807, 2.05) is 0 Å². The quantitative estimate of drug-likeness (QED) is 0.0511. The zero-order chi connectivity index (χ0) is 49.3. The number of Topliss-reactive ketones (excluding diaryl/α,β-unsaturated/α-hetero) is 1. The third kappa shape index (κ3) is 19.5. The molecule has 3 N–H and O–H groups in total. The molecule has 352 valence electrons. The number of carbonyl (C=O) groups excluding carboxylic acids is 8. The normalized spacial score (nSPS) is 13.8. The van der Waals surface area contributed by atoms with Gasteiger partial charge in [0.05, 0.1) is 50.2 Å². The number of halogens is 4. The van der Waals surface area contributed by atoms with E-state index in [1.54, 1.807) is 27.7 Å². The highest BCUT2D eigenvalue weighted by molar-refractivity contribution is 6.00. The molecule has 3 unspecified atom stereocenters. The second-order valence-electron chi connectivity index (χ2n) is 13.0. The molecule has 1 aliphatic rings. The summed E-state index contributed by atoms with van der Waals surface area (Å²) >= 11 is 0. The van der Waals surface area contributed by atoms with E-state index in [-0.39, 0.29) is 77.6 Å². The van der Waals surface area contributed by atoms with Crippen molar-refractivity contribution in [2.45, 2.75) is 80.1 Å². The van der Waals surface area contributed by atoms with E-state index in [2.05, 4.69) is 19.5 Å².